The highest BCUT2D eigenvalue weighted by Crippen LogP contribution is 2.38. The number of rotatable bonds is 7. The van der Waals surface area contributed by atoms with Gasteiger partial charge >= 0.3 is 0 Å². The highest BCUT2D eigenvalue weighted by molar-refractivity contribution is 8.26. The molecule has 5 rings (SSSR count). The van der Waals surface area contributed by atoms with Gasteiger partial charge in [0.05, 0.1) is 11.4 Å². The summed E-state index contributed by atoms with van der Waals surface area (Å²) in [5.74, 6) is 1.96. The van der Waals surface area contributed by atoms with Crippen LogP contribution in [0.5, 0.6) is 11.5 Å². The summed E-state index contributed by atoms with van der Waals surface area (Å²) in [6.07, 6.45) is 6.82. The number of pyridine rings is 1. The van der Waals surface area contributed by atoms with E-state index in [0.717, 1.165) is 62.1 Å². The van der Waals surface area contributed by atoms with Crippen molar-refractivity contribution in [2.24, 2.45) is 0 Å². The van der Waals surface area contributed by atoms with E-state index in [9.17, 15) is 14.9 Å². The Morgan fingerprint density at radius 1 is 1.16 bits per heavy atom. The first-order chi connectivity index (χ1) is 18.4. The van der Waals surface area contributed by atoms with Crippen molar-refractivity contribution in [3.05, 3.63) is 55.7 Å². The molecule has 198 valence electrons. The average Bonchev–Trinajstić information content (AvgIpc) is 3.49. The van der Waals surface area contributed by atoms with Crippen molar-refractivity contribution in [1.29, 1.82) is 5.26 Å². The molecule has 3 aliphatic heterocycles. The Labute approximate surface area is 231 Å². The van der Waals surface area contributed by atoms with Gasteiger partial charge in [0.15, 0.2) is 11.5 Å². The highest BCUT2D eigenvalue weighted by Gasteiger charge is 2.34. The van der Waals surface area contributed by atoms with Gasteiger partial charge in [-0.3, -0.25) is 19.1 Å². The lowest BCUT2D eigenvalue weighted by atomic mass is 10.0. The van der Waals surface area contributed by atoms with Gasteiger partial charge in [-0.2, -0.15) is 5.26 Å². The van der Waals surface area contributed by atoms with E-state index in [-0.39, 0.29) is 23.8 Å². The molecule has 38 heavy (non-hydrogen) atoms. The lowest BCUT2D eigenvalue weighted by molar-refractivity contribution is -0.122. The van der Waals surface area contributed by atoms with Crippen LogP contribution in [0.3, 0.4) is 0 Å². The number of unbranched alkanes of at least 4 members (excludes halogenated alkanes) is 1. The van der Waals surface area contributed by atoms with Crippen LogP contribution in [0.1, 0.15) is 61.3 Å². The van der Waals surface area contributed by atoms with E-state index in [2.05, 4.69) is 17.9 Å². The smallest absolute Gasteiger partial charge is 0.270 e. The van der Waals surface area contributed by atoms with Gasteiger partial charge in [0, 0.05) is 25.2 Å². The van der Waals surface area contributed by atoms with Crippen molar-refractivity contribution in [2.75, 3.05) is 24.8 Å². The van der Waals surface area contributed by atoms with Crippen LogP contribution in [0.2, 0.25) is 0 Å². The molecular formula is C28H30N4O4S2. The van der Waals surface area contributed by atoms with Crippen LogP contribution in [-0.4, -0.2) is 39.6 Å². The molecule has 2 saturated heterocycles. The average molecular weight is 551 g/mol. The van der Waals surface area contributed by atoms with Crippen molar-refractivity contribution < 1.29 is 14.3 Å². The van der Waals surface area contributed by atoms with E-state index >= 15 is 0 Å². The van der Waals surface area contributed by atoms with E-state index in [1.54, 1.807) is 16.4 Å². The van der Waals surface area contributed by atoms with E-state index in [1.165, 1.54) is 11.8 Å². The summed E-state index contributed by atoms with van der Waals surface area (Å²) in [4.78, 5) is 31.3. The maximum atomic E-state index is 13.6. The first-order valence-corrected chi connectivity index (χ1v) is 14.2. The summed E-state index contributed by atoms with van der Waals surface area (Å²) in [7, 11) is 0. The molecule has 0 aliphatic carbocycles. The Bertz CT molecular complexity index is 1420. The van der Waals surface area contributed by atoms with Gasteiger partial charge in [0.25, 0.3) is 11.5 Å². The number of nitriles is 1. The second-order valence-corrected chi connectivity index (χ2v) is 11.3. The quantitative estimate of drug-likeness (QED) is 0.354. The van der Waals surface area contributed by atoms with Gasteiger partial charge in [-0.25, -0.2) is 0 Å². The Morgan fingerprint density at radius 3 is 2.66 bits per heavy atom. The zero-order valence-corrected chi connectivity index (χ0v) is 23.3. The predicted molar refractivity (Wildman–Crippen MR) is 152 cm³/mol. The molecule has 8 nitrogen and oxygen atoms in total. The second kappa shape index (κ2) is 11.2. The summed E-state index contributed by atoms with van der Waals surface area (Å²) in [5.41, 5.74) is 2.11. The number of fused-ring (bicyclic) bond motifs is 1. The third-order valence-electron chi connectivity index (χ3n) is 7.16. The van der Waals surface area contributed by atoms with Crippen LogP contribution < -0.4 is 19.9 Å². The summed E-state index contributed by atoms with van der Waals surface area (Å²) in [6.45, 7) is 6.59. The molecule has 0 atom stereocenters. The maximum absolute atomic E-state index is 13.6. The molecule has 0 bridgehead atoms. The van der Waals surface area contributed by atoms with Crippen molar-refractivity contribution in [3.8, 4) is 17.6 Å². The summed E-state index contributed by atoms with van der Waals surface area (Å²) >= 11 is 6.86. The molecular weight excluding hydrogens is 520 g/mol. The van der Waals surface area contributed by atoms with Crippen molar-refractivity contribution in [2.45, 2.75) is 59.0 Å². The number of hydrogen-bond donors (Lipinski definition) is 0. The summed E-state index contributed by atoms with van der Waals surface area (Å²) in [6, 6.07) is 7.73. The lowest BCUT2D eigenvalue weighted by Crippen LogP contribution is -2.37. The third-order valence-corrected chi connectivity index (χ3v) is 8.54. The Hall–Kier alpha value is -3.29. The second-order valence-electron chi connectivity index (χ2n) is 9.66. The molecule has 2 aromatic rings. The standard InChI is InChI=1S/C28H30N4O4S2/c1-3-4-12-31-25(30-10-6-5-7-11-30)20(18(2)21(15-29)26(31)33)14-24-27(34)32(28(37)38-24)16-19-8-9-22-23(13-19)36-17-35-22/h8-9,13-14H,3-7,10-12,16-17H2,1-2H3. The van der Waals surface area contributed by atoms with Gasteiger partial charge < -0.3 is 14.4 Å². The first kappa shape index (κ1) is 26.3. The van der Waals surface area contributed by atoms with Crippen LogP contribution in [0, 0.1) is 18.3 Å². The van der Waals surface area contributed by atoms with Gasteiger partial charge in [0.2, 0.25) is 6.79 Å². The third kappa shape index (κ3) is 4.93. The number of thioether (sulfide) groups is 1. The minimum absolute atomic E-state index is 0.129. The molecule has 3 aliphatic rings. The minimum Gasteiger partial charge on any atom is -0.454 e. The molecule has 0 saturated carbocycles. The zero-order valence-electron chi connectivity index (χ0n) is 21.6. The molecule has 1 aromatic carbocycles. The maximum Gasteiger partial charge on any atom is 0.270 e. The monoisotopic (exact) mass is 550 g/mol. The number of piperidine rings is 1. The molecule has 0 radical (unpaired) electrons. The number of carbonyl (C=O) groups excluding carboxylic acids is 1. The fraction of sp³-hybridized carbons (Fsp3) is 0.429. The molecule has 0 N–H and O–H groups in total. The van der Waals surface area contributed by atoms with Crippen molar-refractivity contribution in [3.63, 3.8) is 0 Å². The Morgan fingerprint density at radius 2 is 1.92 bits per heavy atom. The van der Waals surface area contributed by atoms with Crippen LogP contribution in [0.25, 0.3) is 6.08 Å². The topological polar surface area (TPSA) is 87.8 Å². The Balaban J connectivity index is 1.55. The first-order valence-electron chi connectivity index (χ1n) is 13.0. The van der Waals surface area contributed by atoms with Crippen LogP contribution in [0.15, 0.2) is 27.9 Å². The van der Waals surface area contributed by atoms with E-state index < -0.39 is 0 Å². The number of anilines is 1. The Kier molecular flexibility index (Phi) is 7.77. The zero-order chi connectivity index (χ0) is 26.8. The fourth-order valence-electron chi connectivity index (χ4n) is 5.10. The van der Waals surface area contributed by atoms with E-state index in [4.69, 9.17) is 21.7 Å². The number of hydrogen-bond acceptors (Lipinski definition) is 8. The van der Waals surface area contributed by atoms with Crippen molar-refractivity contribution in [1.82, 2.24) is 9.47 Å². The molecule has 0 spiro atoms. The van der Waals surface area contributed by atoms with Gasteiger partial charge in [0.1, 0.15) is 21.8 Å². The molecule has 0 unspecified atom stereocenters. The number of ether oxygens (including phenoxy) is 2. The number of carbonyl (C=O) groups is 1. The molecule has 1 amide bonds. The summed E-state index contributed by atoms with van der Waals surface area (Å²) < 4.78 is 13.1. The van der Waals surface area contributed by atoms with Crippen molar-refractivity contribution >= 4 is 46.1 Å². The SMILES string of the molecule is CCCCn1c(N2CCCCC2)c(C=C2SC(=S)N(Cc3ccc4c(c3)OCO4)C2=O)c(C)c(C#N)c1=O. The van der Waals surface area contributed by atoms with Crippen LogP contribution in [-0.2, 0) is 17.9 Å². The minimum atomic E-state index is -0.258. The van der Waals surface area contributed by atoms with E-state index in [0.29, 0.717) is 39.4 Å². The molecule has 4 heterocycles. The number of amides is 1. The van der Waals surface area contributed by atoms with Gasteiger partial charge in [-0.1, -0.05) is 43.4 Å². The number of aromatic nitrogens is 1. The number of nitrogens with zero attached hydrogens (tertiary/aromatic N) is 4. The van der Waals surface area contributed by atoms with Gasteiger partial charge in [-0.15, -0.1) is 0 Å². The molecule has 1 aromatic heterocycles. The summed E-state index contributed by atoms with van der Waals surface area (Å²) in [5, 5.41) is 9.88. The van der Waals surface area contributed by atoms with Crippen LogP contribution in [0.4, 0.5) is 5.82 Å². The van der Waals surface area contributed by atoms with Crippen LogP contribution >= 0.6 is 24.0 Å². The lowest BCUT2D eigenvalue weighted by Gasteiger charge is -2.33. The molecule has 10 heteroatoms. The largest absolute Gasteiger partial charge is 0.454 e. The van der Waals surface area contributed by atoms with E-state index in [1.807, 2.05) is 24.3 Å². The van der Waals surface area contributed by atoms with Gasteiger partial charge in [-0.05, 0) is 61.9 Å². The predicted octanol–water partition coefficient (Wildman–Crippen LogP) is 4.95. The number of thiocarbonyl (C=S) groups is 1. The molecule has 2 fully saturated rings. The fourth-order valence-corrected chi connectivity index (χ4v) is 6.34. The number of benzene rings is 1. The normalized spacial score (nSPS) is 18.0. The highest BCUT2D eigenvalue weighted by atomic mass is 32.2.